The highest BCUT2D eigenvalue weighted by Crippen LogP contribution is 2.25. The van der Waals surface area contributed by atoms with Gasteiger partial charge >= 0.3 is 0 Å². The SMILES string of the molecule is N#Cc1cc(Cl)ccc1NCC1CCSC1. The fraction of sp³-hybridized carbons (Fsp3) is 0.417. The maximum absolute atomic E-state index is 8.98. The van der Waals surface area contributed by atoms with Crippen LogP contribution in [0.1, 0.15) is 12.0 Å². The Hall–Kier alpha value is -0.850. The molecule has 1 aliphatic heterocycles. The molecule has 0 aliphatic carbocycles. The Morgan fingerprint density at radius 2 is 2.44 bits per heavy atom. The van der Waals surface area contributed by atoms with Gasteiger partial charge in [0.2, 0.25) is 0 Å². The molecule has 0 bridgehead atoms. The third-order valence-corrected chi connectivity index (χ3v) is 4.17. The molecule has 0 amide bonds. The summed E-state index contributed by atoms with van der Waals surface area (Å²) in [7, 11) is 0. The van der Waals surface area contributed by atoms with Crippen LogP contribution in [0.3, 0.4) is 0 Å². The van der Waals surface area contributed by atoms with Crippen molar-refractivity contribution in [3.63, 3.8) is 0 Å². The summed E-state index contributed by atoms with van der Waals surface area (Å²) in [5, 5.41) is 12.9. The van der Waals surface area contributed by atoms with Crippen molar-refractivity contribution in [3.05, 3.63) is 28.8 Å². The van der Waals surface area contributed by atoms with E-state index < -0.39 is 0 Å². The molecule has 1 N–H and O–H groups in total. The molecule has 1 heterocycles. The molecule has 1 aromatic rings. The Labute approximate surface area is 105 Å². The number of halogens is 1. The number of benzene rings is 1. The van der Waals surface area contributed by atoms with E-state index in [9.17, 15) is 0 Å². The highest BCUT2D eigenvalue weighted by Gasteiger charge is 2.15. The topological polar surface area (TPSA) is 35.8 Å². The molecular formula is C12H13ClN2S. The molecule has 1 aromatic carbocycles. The zero-order chi connectivity index (χ0) is 11.4. The van der Waals surface area contributed by atoms with Crippen LogP contribution >= 0.6 is 23.4 Å². The average Bonchev–Trinajstić information content (AvgIpc) is 2.80. The van der Waals surface area contributed by atoms with Gasteiger partial charge in [-0.2, -0.15) is 17.0 Å². The van der Waals surface area contributed by atoms with Crippen molar-refractivity contribution in [3.8, 4) is 6.07 Å². The van der Waals surface area contributed by atoms with E-state index in [2.05, 4.69) is 11.4 Å². The zero-order valence-corrected chi connectivity index (χ0v) is 10.4. The van der Waals surface area contributed by atoms with Gasteiger partial charge in [0.15, 0.2) is 0 Å². The van der Waals surface area contributed by atoms with E-state index in [1.807, 2.05) is 23.9 Å². The number of anilines is 1. The molecular weight excluding hydrogens is 240 g/mol. The lowest BCUT2D eigenvalue weighted by Crippen LogP contribution is -2.14. The number of thioether (sulfide) groups is 1. The predicted molar refractivity (Wildman–Crippen MR) is 70.1 cm³/mol. The maximum atomic E-state index is 8.98. The number of hydrogen-bond donors (Lipinski definition) is 1. The minimum atomic E-state index is 0.610. The normalized spacial score (nSPS) is 19.4. The average molecular weight is 253 g/mol. The van der Waals surface area contributed by atoms with Gasteiger partial charge < -0.3 is 5.32 Å². The van der Waals surface area contributed by atoms with Crippen molar-refractivity contribution in [1.82, 2.24) is 0 Å². The number of nitrogens with one attached hydrogen (secondary N) is 1. The summed E-state index contributed by atoms with van der Waals surface area (Å²) >= 11 is 7.84. The highest BCUT2D eigenvalue weighted by molar-refractivity contribution is 7.99. The minimum absolute atomic E-state index is 0.610. The third kappa shape index (κ3) is 2.84. The fourth-order valence-corrected chi connectivity index (χ4v) is 3.22. The van der Waals surface area contributed by atoms with Gasteiger partial charge in [-0.1, -0.05) is 11.6 Å². The first-order chi connectivity index (χ1) is 7.79. The van der Waals surface area contributed by atoms with Gasteiger partial charge in [0.25, 0.3) is 0 Å². The van der Waals surface area contributed by atoms with Crippen LogP contribution in [0.5, 0.6) is 0 Å². The molecule has 1 unspecified atom stereocenters. The Morgan fingerprint density at radius 1 is 1.56 bits per heavy atom. The molecule has 1 fully saturated rings. The van der Waals surface area contributed by atoms with Crippen molar-refractivity contribution in [1.29, 1.82) is 5.26 Å². The van der Waals surface area contributed by atoms with Crippen LogP contribution in [0.25, 0.3) is 0 Å². The summed E-state index contributed by atoms with van der Waals surface area (Å²) in [5.41, 5.74) is 1.52. The zero-order valence-electron chi connectivity index (χ0n) is 8.87. The Kier molecular flexibility index (Phi) is 3.98. The molecule has 0 radical (unpaired) electrons. The molecule has 0 saturated carbocycles. The molecule has 1 saturated heterocycles. The second kappa shape index (κ2) is 5.47. The van der Waals surface area contributed by atoms with Crippen LogP contribution in [-0.2, 0) is 0 Å². The fourth-order valence-electron chi connectivity index (χ4n) is 1.76. The van der Waals surface area contributed by atoms with Crippen LogP contribution in [0.15, 0.2) is 18.2 Å². The molecule has 16 heavy (non-hydrogen) atoms. The van der Waals surface area contributed by atoms with Gasteiger partial charge in [-0.3, -0.25) is 0 Å². The standard InChI is InChI=1S/C12H13ClN2S/c13-11-1-2-12(10(5-11)6-14)15-7-9-3-4-16-8-9/h1-2,5,9,15H,3-4,7-8H2. The molecule has 84 valence electrons. The van der Waals surface area contributed by atoms with Crippen LogP contribution < -0.4 is 5.32 Å². The highest BCUT2D eigenvalue weighted by atomic mass is 35.5. The smallest absolute Gasteiger partial charge is 0.101 e. The van der Waals surface area contributed by atoms with E-state index in [0.717, 1.165) is 18.2 Å². The molecule has 2 nitrogen and oxygen atoms in total. The van der Waals surface area contributed by atoms with E-state index in [0.29, 0.717) is 10.6 Å². The van der Waals surface area contributed by atoms with Gasteiger partial charge in [-0.25, -0.2) is 0 Å². The van der Waals surface area contributed by atoms with Crippen molar-refractivity contribution >= 4 is 29.1 Å². The minimum Gasteiger partial charge on any atom is -0.384 e. The third-order valence-electron chi connectivity index (χ3n) is 2.71. The lowest BCUT2D eigenvalue weighted by atomic mass is 10.1. The summed E-state index contributed by atoms with van der Waals surface area (Å²) in [6.07, 6.45) is 1.27. The van der Waals surface area contributed by atoms with E-state index in [-0.39, 0.29) is 0 Å². The van der Waals surface area contributed by atoms with Gasteiger partial charge in [-0.05, 0) is 42.0 Å². The second-order valence-corrected chi connectivity index (χ2v) is 5.50. The second-order valence-electron chi connectivity index (χ2n) is 3.91. The predicted octanol–water partition coefficient (Wildman–Crippen LogP) is 3.38. The summed E-state index contributed by atoms with van der Waals surface area (Å²) < 4.78 is 0. The molecule has 2 rings (SSSR count). The first kappa shape index (κ1) is 11.6. The van der Waals surface area contributed by atoms with Crippen LogP contribution in [-0.4, -0.2) is 18.1 Å². The van der Waals surface area contributed by atoms with Crippen molar-refractivity contribution in [2.45, 2.75) is 6.42 Å². The van der Waals surface area contributed by atoms with E-state index in [4.69, 9.17) is 16.9 Å². The summed E-state index contributed by atoms with van der Waals surface area (Å²) in [5.74, 6) is 3.22. The molecule has 0 aromatic heterocycles. The number of hydrogen-bond acceptors (Lipinski definition) is 3. The molecule has 1 aliphatic rings. The number of nitrogens with zero attached hydrogens (tertiary/aromatic N) is 1. The quantitative estimate of drug-likeness (QED) is 0.896. The Bertz CT molecular complexity index is 408. The van der Waals surface area contributed by atoms with Gasteiger partial charge in [0, 0.05) is 11.6 Å². The van der Waals surface area contributed by atoms with E-state index in [1.165, 1.54) is 17.9 Å². The summed E-state index contributed by atoms with van der Waals surface area (Å²) in [4.78, 5) is 0. The summed E-state index contributed by atoms with van der Waals surface area (Å²) in [6, 6.07) is 7.55. The van der Waals surface area contributed by atoms with E-state index in [1.54, 1.807) is 6.07 Å². The van der Waals surface area contributed by atoms with Crippen molar-refractivity contribution in [2.75, 3.05) is 23.4 Å². The number of nitriles is 1. The largest absolute Gasteiger partial charge is 0.384 e. The number of rotatable bonds is 3. The lowest BCUT2D eigenvalue weighted by molar-refractivity contribution is 0.632. The molecule has 1 atom stereocenters. The first-order valence-corrected chi connectivity index (χ1v) is 6.84. The Balaban J connectivity index is 2.00. The van der Waals surface area contributed by atoms with Crippen LogP contribution in [0.2, 0.25) is 5.02 Å². The van der Waals surface area contributed by atoms with Crippen molar-refractivity contribution in [2.24, 2.45) is 5.92 Å². The van der Waals surface area contributed by atoms with Gasteiger partial charge in [-0.15, -0.1) is 0 Å². The molecule has 4 heteroatoms. The maximum Gasteiger partial charge on any atom is 0.101 e. The Morgan fingerprint density at radius 3 is 3.12 bits per heavy atom. The monoisotopic (exact) mass is 252 g/mol. The summed E-state index contributed by atoms with van der Waals surface area (Å²) in [6.45, 7) is 0.948. The van der Waals surface area contributed by atoms with E-state index >= 15 is 0 Å². The lowest BCUT2D eigenvalue weighted by Gasteiger charge is -2.12. The molecule has 0 spiro atoms. The van der Waals surface area contributed by atoms with Crippen molar-refractivity contribution < 1.29 is 0 Å². The first-order valence-electron chi connectivity index (χ1n) is 5.31. The van der Waals surface area contributed by atoms with Crippen LogP contribution in [0.4, 0.5) is 5.69 Å². The van der Waals surface area contributed by atoms with Crippen LogP contribution in [0, 0.1) is 17.2 Å². The van der Waals surface area contributed by atoms with Gasteiger partial charge in [0.05, 0.1) is 11.3 Å². The van der Waals surface area contributed by atoms with Gasteiger partial charge in [0.1, 0.15) is 6.07 Å².